The third-order valence-corrected chi connectivity index (χ3v) is 6.67. The van der Waals surface area contributed by atoms with Crippen LogP contribution in [-0.2, 0) is 22.5 Å². The molecule has 0 spiro atoms. The summed E-state index contributed by atoms with van der Waals surface area (Å²) in [4.78, 5) is 31.9. The van der Waals surface area contributed by atoms with Gasteiger partial charge in [-0.25, -0.2) is 9.78 Å². The zero-order chi connectivity index (χ0) is 19.2. The molecule has 1 aliphatic heterocycles. The standard InChI is InChI=1S/C20H31N3O3S/c1-3-5-6-14-7-9-15(10-8-14)18(24)22-19-21-16-11-12-23(13-17(16)27-19)20(25)26-4-2/h14-15H,3-13H2,1-2H3,(H,21,22,24). The van der Waals surface area contributed by atoms with Crippen molar-refractivity contribution in [1.82, 2.24) is 9.88 Å². The molecule has 1 aliphatic carbocycles. The van der Waals surface area contributed by atoms with Crippen LogP contribution in [0.4, 0.5) is 9.93 Å². The molecule has 2 heterocycles. The number of hydrogen-bond acceptors (Lipinski definition) is 5. The minimum atomic E-state index is -0.276. The minimum Gasteiger partial charge on any atom is -0.450 e. The van der Waals surface area contributed by atoms with E-state index in [1.807, 2.05) is 6.92 Å². The number of nitrogens with zero attached hydrogens (tertiary/aromatic N) is 2. The average molecular weight is 394 g/mol. The van der Waals surface area contributed by atoms with Crippen LogP contribution >= 0.6 is 11.3 Å². The molecule has 0 unspecified atom stereocenters. The smallest absolute Gasteiger partial charge is 0.410 e. The van der Waals surface area contributed by atoms with Gasteiger partial charge in [-0.15, -0.1) is 0 Å². The Morgan fingerprint density at radius 3 is 2.74 bits per heavy atom. The normalized spacial score (nSPS) is 22.2. The van der Waals surface area contributed by atoms with Gasteiger partial charge < -0.3 is 15.0 Å². The fourth-order valence-corrected chi connectivity index (χ4v) is 5.06. The molecule has 1 aromatic heterocycles. The number of carbonyl (C=O) groups is 2. The van der Waals surface area contributed by atoms with Crippen LogP contribution in [0.15, 0.2) is 0 Å². The van der Waals surface area contributed by atoms with Crippen molar-refractivity contribution in [2.24, 2.45) is 11.8 Å². The van der Waals surface area contributed by atoms with E-state index in [9.17, 15) is 9.59 Å². The predicted molar refractivity (Wildman–Crippen MR) is 107 cm³/mol. The van der Waals surface area contributed by atoms with Crippen LogP contribution in [0.25, 0.3) is 0 Å². The molecule has 2 aliphatic rings. The van der Waals surface area contributed by atoms with E-state index in [1.54, 1.807) is 4.90 Å². The summed E-state index contributed by atoms with van der Waals surface area (Å²) in [6, 6.07) is 0. The first-order valence-electron chi connectivity index (χ1n) is 10.3. The number of fused-ring (bicyclic) bond motifs is 1. The summed E-state index contributed by atoms with van der Waals surface area (Å²) >= 11 is 1.49. The van der Waals surface area contributed by atoms with Crippen molar-refractivity contribution in [3.05, 3.63) is 10.6 Å². The first-order chi connectivity index (χ1) is 13.1. The van der Waals surface area contributed by atoms with E-state index in [2.05, 4.69) is 17.2 Å². The molecule has 3 rings (SSSR count). The number of amides is 2. The Balaban J connectivity index is 1.51. The summed E-state index contributed by atoms with van der Waals surface area (Å²) in [6.45, 7) is 5.56. The molecule has 0 bridgehead atoms. The molecule has 1 fully saturated rings. The Hall–Kier alpha value is -1.63. The lowest BCUT2D eigenvalue weighted by Crippen LogP contribution is -2.35. The second-order valence-corrected chi connectivity index (χ2v) is 8.69. The number of nitrogens with one attached hydrogen (secondary N) is 1. The summed E-state index contributed by atoms with van der Waals surface area (Å²) in [5, 5.41) is 3.70. The molecule has 0 atom stereocenters. The van der Waals surface area contributed by atoms with E-state index < -0.39 is 0 Å². The first kappa shape index (κ1) is 20.1. The Morgan fingerprint density at radius 1 is 1.26 bits per heavy atom. The Bertz CT molecular complexity index is 653. The van der Waals surface area contributed by atoms with Gasteiger partial charge >= 0.3 is 6.09 Å². The zero-order valence-corrected chi connectivity index (χ0v) is 17.3. The molecule has 0 radical (unpaired) electrons. The highest BCUT2D eigenvalue weighted by Crippen LogP contribution is 2.34. The SMILES string of the molecule is CCCCC1CCC(C(=O)Nc2nc3c(s2)CN(C(=O)OCC)CC3)CC1. The van der Waals surface area contributed by atoms with E-state index in [0.29, 0.717) is 31.2 Å². The summed E-state index contributed by atoms with van der Waals surface area (Å²) in [7, 11) is 0. The van der Waals surface area contributed by atoms with E-state index in [4.69, 9.17) is 4.74 Å². The monoisotopic (exact) mass is 393 g/mol. The minimum absolute atomic E-state index is 0.109. The van der Waals surface area contributed by atoms with Crippen molar-refractivity contribution in [2.45, 2.75) is 71.8 Å². The maximum atomic E-state index is 12.6. The summed E-state index contributed by atoms with van der Waals surface area (Å²) < 4.78 is 5.08. The molecule has 1 N–H and O–H groups in total. The number of thiazole rings is 1. The van der Waals surface area contributed by atoms with Crippen LogP contribution in [0.1, 0.15) is 69.4 Å². The third kappa shape index (κ3) is 5.21. The fraction of sp³-hybridized carbons (Fsp3) is 0.750. The lowest BCUT2D eigenvalue weighted by molar-refractivity contribution is -0.121. The molecular formula is C20H31N3O3S. The summed E-state index contributed by atoms with van der Waals surface area (Å²) in [5.74, 6) is 1.02. The third-order valence-electron chi connectivity index (χ3n) is 5.67. The second kappa shape index (κ2) is 9.53. The number of ether oxygens (including phenoxy) is 1. The van der Waals surface area contributed by atoms with Crippen molar-refractivity contribution >= 4 is 28.5 Å². The van der Waals surface area contributed by atoms with E-state index in [0.717, 1.165) is 29.3 Å². The van der Waals surface area contributed by atoms with Gasteiger partial charge in [0.25, 0.3) is 0 Å². The van der Waals surface area contributed by atoms with Gasteiger partial charge in [-0.3, -0.25) is 4.79 Å². The maximum Gasteiger partial charge on any atom is 0.410 e. The number of carbonyl (C=O) groups excluding carboxylic acids is 2. The van der Waals surface area contributed by atoms with Crippen molar-refractivity contribution in [3.63, 3.8) is 0 Å². The van der Waals surface area contributed by atoms with E-state index >= 15 is 0 Å². The van der Waals surface area contributed by atoms with Crippen molar-refractivity contribution in [3.8, 4) is 0 Å². The van der Waals surface area contributed by atoms with Crippen LogP contribution < -0.4 is 5.32 Å². The average Bonchev–Trinajstić information content (AvgIpc) is 3.08. The van der Waals surface area contributed by atoms with Crippen LogP contribution in [0.3, 0.4) is 0 Å². The molecule has 6 nitrogen and oxygen atoms in total. The molecule has 27 heavy (non-hydrogen) atoms. The highest BCUT2D eigenvalue weighted by Gasteiger charge is 2.28. The molecule has 150 valence electrons. The number of aromatic nitrogens is 1. The van der Waals surface area contributed by atoms with Crippen LogP contribution in [-0.4, -0.2) is 35.0 Å². The van der Waals surface area contributed by atoms with E-state index in [1.165, 1.54) is 43.4 Å². The predicted octanol–water partition coefficient (Wildman–Crippen LogP) is 4.59. The second-order valence-electron chi connectivity index (χ2n) is 7.61. The van der Waals surface area contributed by atoms with Gasteiger partial charge in [-0.1, -0.05) is 37.5 Å². The van der Waals surface area contributed by atoms with Crippen molar-refractivity contribution in [1.29, 1.82) is 0 Å². The maximum absolute atomic E-state index is 12.6. The van der Waals surface area contributed by atoms with E-state index in [-0.39, 0.29) is 17.9 Å². The quantitative estimate of drug-likeness (QED) is 0.767. The molecule has 1 aromatic rings. The highest BCUT2D eigenvalue weighted by molar-refractivity contribution is 7.15. The molecule has 0 aromatic carbocycles. The van der Waals surface area contributed by atoms with Crippen LogP contribution in [0.2, 0.25) is 0 Å². The Kier molecular flexibility index (Phi) is 7.10. The van der Waals surface area contributed by atoms with Gasteiger partial charge in [-0.2, -0.15) is 0 Å². The van der Waals surface area contributed by atoms with Gasteiger partial charge in [0.05, 0.1) is 18.8 Å². The topological polar surface area (TPSA) is 71.5 Å². The van der Waals surface area contributed by atoms with Crippen LogP contribution in [0.5, 0.6) is 0 Å². The lowest BCUT2D eigenvalue weighted by Gasteiger charge is -2.27. The number of anilines is 1. The first-order valence-corrected chi connectivity index (χ1v) is 11.1. The molecule has 2 amide bonds. The molecule has 1 saturated carbocycles. The van der Waals surface area contributed by atoms with Gasteiger partial charge in [0.2, 0.25) is 5.91 Å². The van der Waals surface area contributed by atoms with Gasteiger partial charge in [0.1, 0.15) is 0 Å². The lowest BCUT2D eigenvalue weighted by atomic mass is 9.79. The largest absolute Gasteiger partial charge is 0.450 e. The summed E-state index contributed by atoms with van der Waals surface area (Å²) in [6.07, 6.45) is 8.61. The van der Waals surface area contributed by atoms with Crippen LogP contribution in [0, 0.1) is 11.8 Å². The van der Waals surface area contributed by atoms with Gasteiger partial charge in [0.15, 0.2) is 5.13 Å². The van der Waals surface area contributed by atoms with Crippen molar-refractivity contribution < 1.29 is 14.3 Å². The molecular weight excluding hydrogens is 362 g/mol. The number of hydrogen-bond donors (Lipinski definition) is 1. The molecule has 0 saturated heterocycles. The summed E-state index contributed by atoms with van der Waals surface area (Å²) in [5.41, 5.74) is 0.999. The number of unbranched alkanes of at least 4 members (excludes halogenated alkanes) is 1. The Labute approximate surface area is 165 Å². The van der Waals surface area contributed by atoms with Gasteiger partial charge in [-0.05, 0) is 38.5 Å². The fourth-order valence-electron chi connectivity index (χ4n) is 4.03. The zero-order valence-electron chi connectivity index (χ0n) is 16.5. The van der Waals surface area contributed by atoms with Gasteiger partial charge in [0, 0.05) is 23.8 Å². The number of rotatable bonds is 6. The highest BCUT2D eigenvalue weighted by atomic mass is 32.1. The molecule has 7 heteroatoms. The van der Waals surface area contributed by atoms with Crippen molar-refractivity contribution in [2.75, 3.05) is 18.5 Å². The Morgan fingerprint density at radius 2 is 2.04 bits per heavy atom.